The lowest BCUT2D eigenvalue weighted by Gasteiger charge is -2.05. The fraction of sp³-hybridized carbons (Fsp3) is 0.444. The summed E-state index contributed by atoms with van der Waals surface area (Å²) in [7, 11) is 0. The average Bonchev–Trinajstić information content (AvgIpc) is 2.43. The van der Waals surface area contributed by atoms with E-state index in [1.54, 1.807) is 4.57 Å². The van der Waals surface area contributed by atoms with Gasteiger partial charge in [0.1, 0.15) is 11.8 Å². The summed E-state index contributed by atoms with van der Waals surface area (Å²) in [5.74, 6) is 0.359. The molecule has 0 fully saturated rings. The number of nitrogens with one attached hydrogen (secondary N) is 1. The van der Waals surface area contributed by atoms with E-state index >= 15 is 0 Å². The third kappa shape index (κ3) is 1.74. The van der Waals surface area contributed by atoms with Crippen LogP contribution in [-0.4, -0.2) is 19.5 Å². The third-order valence-electron chi connectivity index (χ3n) is 2.07. The molecule has 0 atom stereocenters. The summed E-state index contributed by atoms with van der Waals surface area (Å²) in [6.07, 6.45) is 1.33. The molecule has 2 aromatic rings. The number of aromatic amines is 1. The number of halogens is 1. The molecule has 0 saturated carbocycles. The van der Waals surface area contributed by atoms with Crippen LogP contribution in [0.1, 0.15) is 13.8 Å². The molecule has 0 spiro atoms. The smallest absolute Gasteiger partial charge is 0.290 e. The quantitative estimate of drug-likeness (QED) is 0.788. The van der Waals surface area contributed by atoms with Gasteiger partial charge in [-0.2, -0.15) is 0 Å². The molecule has 0 aromatic carbocycles. The van der Waals surface area contributed by atoms with E-state index in [2.05, 4.69) is 15.0 Å². The molecule has 0 unspecified atom stereocenters. The highest BCUT2D eigenvalue weighted by Gasteiger charge is 2.12. The van der Waals surface area contributed by atoms with Crippen LogP contribution in [0.2, 0.25) is 5.15 Å². The Hall–Kier alpha value is -1.36. The van der Waals surface area contributed by atoms with Gasteiger partial charge in [-0.25, -0.2) is 14.8 Å². The molecule has 1 N–H and O–H groups in total. The Morgan fingerprint density at radius 1 is 1.53 bits per heavy atom. The molecule has 0 aliphatic rings. The number of hydrogen-bond acceptors (Lipinski definition) is 3. The maximum atomic E-state index is 11.6. The van der Waals surface area contributed by atoms with Gasteiger partial charge in [-0.05, 0) is 5.92 Å². The molecular formula is C9H11ClN4O. The van der Waals surface area contributed by atoms with Crippen LogP contribution < -0.4 is 5.69 Å². The summed E-state index contributed by atoms with van der Waals surface area (Å²) in [5, 5.41) is 0.305. The molecule has 0 aliphatic carbocycles. The van der Waals surface area contributed by atoms with Crippen LogP contribution in [-0.2, 0) is 6.54 Å². The first kappa shape index (κ1) is 10.2. The largest absolute Gasteiger partial charge is 0.327 e. The molecule has 0 amide bonds. The van der Waals surface area contributed by atoms with Crippen molar-refractivity contribution < 1.29 is 0 Å². The van der Waals surface area contributed by atoms with Gasteiger partial charge in [-0.1, -0.05) is 25.4 Å². The van der Waals surface area contributed by atoms with Gasteiger partial charge in [0.15, 0.2) is 10.8 Å². The minimum absolute atomic E-state index is 0.193. The molecule has 2 heterocycles. The Bertz CT molecular complexity index is 543. The number of hydrogen-bond donors (Lipinski definition) is 1. The summed E-state index contributed by atoms with van der Waals surface area (Å²) in [6.45, 7) is 4.66. The van der Waals surface area contributed by atoms with Crippen LogP contribution in [0.3, 0.4) is 0 Å². The molecule has 0 bridgehead atoms. The van der Waals surface area contributed by atoms with E-state index in [4.69, 9.17) is 11.6 Å². The fourth-order valence-electron chi connectivity index (χ4n) is 1.50. The first-order chi connectivity index (χ1) is 7.09. The third-order valence-corrected chi connectivity index (χ3v) is 2.34. The van der Waals surface area contributed by atoms with Crippen LogP contribution >= 0.6 is 11.6 Å². The van der Waals surface area contributed by atoms with Crippen LogP contribution in [0.15, 0.2) is 11.1 Å². The standard InChI is InChI=1S/C9H11ClN4O/c1-5(2)3-14-6-7(10)11-4-12-8(6)13-9(14)15/h4-5H,3H2,1-2H3,(H,11,12,13,15). The van der Waals surface area contributed by atoms with Gasteiger partial charge in [0, 0.05) is 6.54 Å². The lowest BCUT2D eigenvalue weighted by atomic mass is 10.2. The normalized spacial score (nSPS) is 11.5. The molecule has 6 heteroatoms. The molecule has 0 radical (unpaired) electrons. The Morgan fingerprint density at radius 2 is 2.27 bits per heavy atom. The lowest BCUT2D eigenvalue weighted by Crippen LogP contribution is -2.19. The van der Waals surface area contributed by atoms with E-state index in [9.17, 15) is 4.79 Å². The van der Waals surface area contributed by atoms with Crippen LogP contribution in [0.4, 0.5) is 0 Å². The first-order valence-corrected chi connectivity index (χ1v) is 5.06. The highest BCUT2D eigenvalue weighted by molar-refractivity contribution is 6.33. The number of aromatic nitrogens is 4. The van der Waals surface area contributed by atoms with Gasteiger partial charge in [-0.15, -0.1) is 0 Å². The molecule has 0 aliphatic heterocycles. The van der Waals surface area contributed by atoms with Crippen LogP contribution in [0.5, 0.6) is 0 Å². The summed E-state index contributed by atoms with van der Waals surface area (Å²) in [4.78, 5) is 22.1. The molecule has 80 valence electrons. The monoisotopic (exact) mass is 226 g/mol. The Morgan fingerprint density at radius 3 is 2.93 bits per heavy atom. The van der Waals surface area contributed by atoms with Crippen LogP contribution in [0.25, 0.3) is 11.2 Å². The van der Waals surface area contributed by atoms with Crippen LogP contribution in [0, 0.1) is 5.92 Å². The predicted molar refractivity (Wildman–Crippen MR) is 58.0 cm³/mol. The minimum atomic E-state index is -0.193. The van der Waals surface area contributed by atoms with Crippen molar-refractivity contribution in [3.63, 3.8) is 0 Å². The van der Waals surface area contributed by atoms with Gasteiger partial charge in [0.05, 0.1) is 0 Å². The number of rotatable bonds is 2. The second-order valence-corrected chi connectivity index (χ2v) is 4.15. The number of fused-ring (bicyclic) bond motifs is 1. The second kappa shape index (κ2) is 3.66. The van der Waals surface area contributed by atoms with Gasteiger partial charge < -0.3 is 0 Å². The first-order valence-electron chi connectivity index (χ1n) is 4.68. The maximum Gasteiger partial charge on any atom is 0.327 e. The van der Waals surface area contributed by atoms with E-state index < -0.39 is 0 Å². The van der Waals surface area contributed by atoms with Gasteiger partial charge in [0.2, 0.25) is 0 Å². The molecule has 2 aromatic heterocycles. The number of imidazole rings is 1. The summed E-state index contributed by atoms with van der Waals surface area (Å²) < 4.78 is 1.57. The SMILES string of the molecule is CC(C)Cn1c(=O)[nH]c2ncnc(Cl)c21. The second-order valence-electron chi connectivity index (χ2n) is 3.80. The summed E-state index contributed by atoms with van der Waals surface area (Å²) >= 11 is 5.93. The zero-order valence-electron chi connectivity index (χ0n) is 8.49. The highest BCUT2D eigenvalue weighted by Crippen LogP contribution is 2.16. The van der Waals surface area contributed by atoms with Gasteiger partial charge in [0.25, 0.3) is 0 Å². The van der Waals surface area contributed by atoms with Crippen molar-refractivity contribution in [2.24, 2.45) is 5.92 Å². The summed E-state index contributed by atoms with van der Waals surface area (Å²) in [5.41, 5.74) is 0.875. The molecule has 15 heavy (non-hydrogen) atoms. The zero-order valence-corrected chi connectivity index (χ0v) is 9.25. The van der Waals surface area contributed by atoms with Crippen molar-refractivity contribution in [3.05, 3.63) is 22.0 Å². The van der Waals surface area contributed by atoms with Gasteiger partial charge >= 0.3 is 5.69 Å². The van der Waals surface area contributed by atoms with E-state index in [0.717, 1.165) is 0 Å². The zero-order chi connectivity index (χ0) is 11.0. The average molecular weight is 227 g/mol. The Labute approximate surface area is 91.1 Å². The Balaban J connectivity index is 2.71. The van der Waals surface area contributed by atoms with Crippen molar-refractivity contribution in [2.75, 3.05) is 0 Å². The minimum Gasteiger partial charge on any atom is -0.290 e. The van der Waals surface area contributed by atoms with Crippen molar-refractivity contribution in [1.82, 2.24) is 19.5 Å². The van der Waals surface area contributed by atoms with E-state index in [0.29, 0.717) is 28.8 Å². The van der Waals surface area contributed by atoms with Gasteiger partial charge in [-0.3, -0.25) is 9.55 Å². The molecule has 5 nitrogen and oxygen atoms in total. The maximum absolute atomic E-state index is 11.6. The van der Waals surface area contributed by atoms with Crippen molar-refractivity contribution in [3.8, 4) is 0 Å². The Kier molecular flexibility index (Phi) is 2.48. The molecular weight excluding hydrogens is 216 g/mol. The lowest BCUT2D eigenvalue weighted by molar-refractivity contribution is 0.522. The van der Waals surface area contributed by atoms with Crippen molar-refractivity contribution >= 4 is 22.8 Å². The fourth-order valence-corrected chi connectivity index (χ4v) is 1.73. The van der Waals surface area contributed by atoms with E-state index in [1.165, 1.54) is 6.33 Å². The predicted octanol–water partition coefficient (Wildman–Crippen LogP) is 1.43. The highest BCUT2D eigenvalue weighted by atomic mass is 35.5. The number of H-pyrrole nitrogens is 1. The number of nitrogens with zero attached hydrogens (tertiary/aromatic N) is 3. The van der Waals surface area contributed by atoms with E-state index in [-0.39, 0.29) is 5.69 Å². The summed E-state index contributed by atoms with van der Waals surface area (Å²) in [6, 6.07) is 0. The topological polar surface area (TPSA) is 63.6 Å². The molecule has 2 rings (SSSR count). The van der Waals surface area contributed by atoms with E-state index in [1.807, 2.05) is 13.8 Å². The molecule has 0 saturated heterocycles. The van der Waals surface area contributed by atoms with Crippen molar-refractivity contribution in [2.45, 2.75) is 20.4 Å². The van der Waals surface area contributed by atoms with Crippen molar-refractivity contribution in [1.29, 1.82) is 0 Å².